The smallest absolute Gasteiger partial charge is 0.326 e. The minimum absolute atomic E-state index is 0. The topological polar surface area (TPSA) is 136 Å². The van der Waals surface area contributed by atoms with Crippen LogP contribution in [0.5, 0.6) is 0 Å². The Hall–Kier alpha value is -2.65. The van der Waals surface area contributed by atoms with E-state index in [2.05, 4.69) is 5.32 Å². The van der Waals surface area contributed by atoms with Crippen molar-refractivity contribution >= 4 is 36.2 Å². The summed E-state index contributed by atoms with van der Waals surface area (Å²) in [5.74, 6) is -4.36. The molecule has 2 N–H and O–H groups in total. The Morgan fingerprint density at radius 1 is 1.21 bits per heavy atom. The third kappa shape index (κ3) is 6.23. The molecule has 1 saturated heterocycles. The highest BCUT2D eigenvalue weighted by Gasteiger charge is 2.50. The molecule has 10 heteroatoms. The number of aryl methyl sites for hydroxylation is 1. The first-order chi connectivity index (χ1) is 15.3. The number of carboxylic acid groups (broad SMARTS) is 2. The third-order valence-electron chi connectivity index (χ3n) is 6.36. The number of benzene rings is 1. The highest BCUT2D eigenvalue weighted by Crippen LogP contribution is 2.41. The molecule has 1 aromatic rings. The van der Waals surface area contributed by atoms with Crippen molar-refractivity contribution in [3.63, 3.8) is 0 Å². The Kier molecular flexibility index (Phi) is 9.67. The molecule has 182 valence electrons. The van der Waals surface area contributed by atoms with Crippen molar-refractivity contribution in [2.75, 3.05) is 6.61 Å². The second-order valence-electron chi connectivity index (χ2n) is 8.34. The minimum Gasteiger partial charge on any atom is -0.548 e. The maximum absolute atomic E-state index is 13.3. The fourth-order valence-electron chi connectivity index (χ4n) is 4.88. The maximum atomic E-state index is 13.3. The maximum Gasteiger partial charge on any atom is 0.326 e. The summed E-state index contributed by atoms with van der Waals surface area (Å²) in [5.41, 5.74) is 0.944. The van der Waals surface area contributed by atoms with E-state index in [4.69, 9.17) is 4.74 Å². The zero-order valence-electron chi connectivity index (χ0n) is 18.5. The average Bonchev–Trinajstić information content (AvgIpc) is 3.35. The molecule has 0 spiro atoms. The highest BCUT2D eigenvalue weighted by molar-refractivity contribution is 6.02. The molecule has 1 aliphatic carbocycles. The van der Waals surface area contributed by atoms with Gasteiger partial charge < -0.3 is 24.6 Å². The number of nitrogens with zero attached hydrogens (tertiary/aromatic N) is 1. The van der Waals surface area contributed by atoms with Crippen LogP contribution in [0.3, 0.4) is 0 Å². The molecule has 0 unspecified atom stereocenters. The van der Waals surface area contributed by atoms with Crippen LogP contribution in [-0.2, 0) is 30.3 Å². The molecule has 0 aromatic heterocycles. The average molecular weight is 482 g/mol. The number of rotatable bonds is 10. The lowest BCUT2D eigenvalue weighted by Gasteiger charge is -2.33. The van der Waals surface area contributed by atoms with Gasteiger partial charge in [-0.3, -0.25) is 14.9 Å². The summed E-state index contributed by atoms with van der Waals surface area (Å²) in [6.45, 7) is 1.73. The summed E-state index contributed by atoms with van der Waals surface area (Å²) in [6, 6.07) is 5.04. The highest BCUT2D eigenvalue weighted by atomic mass is 35.5. The van der Waals surface area contributed by atoms with Crippen LogP contribution in [0.1, 0.15) is 44.6 Å². The zero-order chi connectivity index (χ0) is 23.3. The summed E-state index contributed by atoms with van der Waals surface area (Å²) in [7, 11) is 0. The molecule has 5 atom stereocenters. The van der Waals surface area contributed by atoms with Gasteiger partial charge in [-0.1, -0.05) is 36.8 Å². The van der Waals surface area contributed by atoms with Crippen molar-refractivity contribution in [3.05, 3.63) is 35.9 Å². The number of likely N-dealkylation sites (tertiary alicyclic amines) is 1. The summed E-state index contributed by atoms with van der Waals surface area (Å²) in [4.78, 5) is 50.7. The number of halogens is 1. The molecule has 3 rings (SSSR count). The number of aliphatic carboxylic acids is 2. The summed E-state index contributed by atoms with van der Waals surface area (Å²) in [6.07, 6.45) is 3.27. The first-order valence-electron chi connectivity index (χ1n) is 11.1. The number of esters is 1. The van der Waals surface area contributed by atoms with E-state index in [0.29, 0.717) is 19.3 Å². The van der Waals surface area contributed by atoms with E-state index < -0.39 is 41.9 Å². The van der Waals surface area contributed by atoms with E-state index in [1.54, 1.807) is 6.92 Å². The van der Waals surface area contributed by atoms with Crippen LogP contribution >= 0.6 is 12.4 Å². The molecule has 0 radical (unpaired) electrons. The van der Waals surface area contributed by atoms with E-state index in [1.165, 1.54) is 4.90 Å². The molecule has 9 nitrogen and oxygen atoms in total. The van der Waals surface area contributed by atoms with Gasteiger partial charge in [-0.25, -0.2) is 4.79 Å². The Bertz CT molecular complexity index is 850. The van der Waals surface area contributed by atoms with E-state index in [9.17, 15) is 29.4 Å². The van der Waals surface area contributed by atoms with Crippen LogP contribution in [-0.4, -0.2) is 64.6 Å². The quantitative estimate of drug-likeness (QED) is 0.365. The van der Waals surface area contributed by atoms with E-state index in [-0.39, 0.29) is 37.4 Å². The second kappa shape index (κ2) is 12.0. The van der Waals surface area contributed by atoms with Crippen molar-refractivity contribution in [2.24, 2.45) is 5.92 Å². The van der Waals surface area contributed by atoms with Crippen molar-refractivity contribution < 1.29 is 34.1 Å². The number of hydrogen-bond acceptors (Lipinski definition) is 7. The first kappa shape index (κ1) is 26.6. The van der Waals surface area contributed by atoms with Gasteiger partial charge >= 0.3 is 11.9 Å². The largest absolute Gasteiger partial charge is 0.548 e. The van der Waals surface area contributed by atoms with Gasteiger partial charge in [-0.05, 0) is 50.5 Å². The Balaban J connectivity index is 0.00000385. The van der Waals surface area contributed by atoms with Gasteiger partial charge in [0.2, 0.25) is 5.91 Å². The lowest BCUT2D eigenvalue weighted by Crippen LogP contribution is -2.62. The molecular formula is C23H30ClN2O7-. The number of amides is 1. The van der Waals surface area contributed by atoms with E-state index in [0.717, 1.165) is 18.4 Å². The summed E-state index contributed by atoms with van der Waals surface area (Å²) in [5, 5.41) is 24.1. The van der Waals surface area contributed by atoms with Gasteiger partial charge in [-0.2, -0.15) is 0 Å². The zero-order valence-corrected chi connectivity index (χ0v) is 19.3. The number of fused-ring (bicyclic) bond motifs is 1. The third-order valence-corrected chi connectivity index (χ3v) is 6.36. The monoisotopic (exact) mass is 481 g/mol. The first-order valence-corrected chi connectivity index (χ1v) is 11.1. The van der Waals surface area contributed by atoms with Crippen LogP contribution < -0.4 is 10.4 Å². The number of carbonyl (C=O) groups is 4. The van der Waals surface area contributed by atoms with Gasteiger partial charge in [-0.15, -0.1) is 12.4 Å². The summed E-state index contributed by atoms with van der Waals surface area (Å²) >= 11 is 0. The molecule has 0 bridgehead atoms. The molecule has 33 heavy (non-hydrogen) atoms. The second-order valence-corrected chi connectivity index (χ2v) is 8.34. The van der Waals surface area contributed by atoms with E-state index >= 15 is 0 Å². The van der Waals surface area contributed by atoms with Gasteiger partial charge in [0.15, 0.2) is 0 Å². The van der Waals surface area contributed by atoms with Gasteiger partial charge in [0, 0.05) is 6.04 Å². The van der Waals surface area contributed by atoms with Crippen LogP contribution in [0, 0.1) is 5.92 Å². The Labute approximate surface area is 198 Å². The molecule has 2 aliphatic rings. The fourth-order valence-corrected chi connectivity index (χ4v) is 4.88. The van der Waals surface area contributed by atoms with Crippen LogP contribution in [0.25, 0.3) is 0 Å². The minimum atomic E-state index is -1.85. The molecule has 1 aliphatic heterocycles. The normalized spacial score (nSPS) is 23.2. The number of hydrogen-bond donors (Lipinski definition) is 2. The lowest BCUT2D eigenvalue weighted by molar-refractivity contribution is -0.307. The number of ether oxygens (including phenoxy) is 1. The summed E-state index contributed by atoms with van der Waals surface area (Å²) < 4.78 is 5.07. The van der Waals surface area contributed by atoms with Gasteiger partial charge in [0.25, 0.3) is 0 Å². The molecular weight excluding hydrogens is 452 g/mol. The standard InChI is InChI=1S/C23H30N2O7.ClH/c1-2-32-23(31)16(12-11-14-7-4-3-5-8-14)24-19(22(29)30)20(26)25-17-10-6-9-15(17)13-18(25)21(27)28;/h3-5,7-8,15-19,24H,2,6,9-13H2,1H3,(H,27,28)(H,29,30);1H/p-1/t15-,16-,17-,18-,19+;/m0./s1. The fraction of sp³-hybridized carbons (Fsp3) is 0.565. The Morgan fingerprint density at radius 2 is 1.91 bits per heavy atom. The predicted octanol–water partition coefficient (Wildman–Crippen LogP) is 0.535. The van der Waals surface area contributed by atoms with Gasteiger partial charge in [0.05, 0.1) is 12.6 Å². The molecule has 1 heterocycles. The van der Waals surface area contributed by atoms with E-state index in [1.807, 2.05) is 30.3 Å². The van der Waals surface area contributed by atoms with Crippen molar-refractivity contribution in [2.45, 2.75) is 69.6 Å². The predicted molar refractivity (Wildman–Crippen MR) is 118 cm³/mol. The molecule has 2 fully saturated rings. The Morgan fingerprint density at radius 3 is 2.52 bits per heavy atom. The van der Waals surface area contributed by atoms with Crippen molar-refractivity contribution in [3.8, 4) is 0 Å². The van der Waals surface area contributed by atoms with Crippen molar-refractivity contribution in [1.29, 1.82) is 0 Å². The molecule has 1 aromatic carbocycles. The van der Waals surface area contributed by atoms with Crippen molar-refractivity contribution in [1.82, 2.24) is 10.2 Å². The lowest BCUT2D eigenvalue weighted by atomic mass is 10.0. The van der Waals surface area contributed by atoms with Crippen LogP contribution in [0.2, 0.25) is 0 Å². The molecule has 1 saturated carbocycles. The molecule has 1 amide bonds. The van der Waals surface area contributed by atoms with Gasteiger partial charge in [0.1, 0.15) is 18.1 Å². The number of carbonyl (C=O) groups excluding carboxylic acids is 3. The van der Waals surface area contributed by atoms with Crippen LogP contribution in [0.15, 0.2) is 30.3 Å². The number of carboxylic acids is 2. The van der Waals surface area contributed by atoms with Crippen LogP contribution in [0.4, 0.5) is 0 Å². The number of nitrogens with one attached hydrogen (secondary N) is 1. The SMILES string of the molecule is CCOC(=O)[C@H](CCc1ccccc1)N[C@@H](C(=O)[O-])C(=O)N1[C@H](C(=O)O)C[C@@H]2CCC[C@@H]21.Cl.